The molecule has 4 aromatic rings. The minimum Gasteiger partial charge on any atom is -0.355 e. The van der Waals surface area contributed by atoms with E-state index < -0.39 is 11.7 Å². The Morgan fingerprint density at radius 3 is 2.88 bits per heavy atom. The van der Waals surface area contributed by atoms with Gasteiger partial charge in [-0.15, -0.1) is 0 Å². The highest BCUT2D eigenvalue weighted by atomic mass is 35.5. The van der Waals surface area contributed by atoms with Crippen LogP contribution in [0.3, 0.4) is 0 Å². The normalized spacial score (nSPS) is 12.3. The predicted molar refractivity (Wildman–Crippen MR) is 129 cm³/mol. The molecule has 1 aliphatic heterocycles. The second-order valence-corrected chi connectivity index (χ2v) is 8.20. The molecular formula is C24H21ClFN7O. The number of amides is 1. The van der Waals surface area contributed by atoms with E-state index >= 15 is 0 Å². The van der Waals surface area contributed by atoms with Crippen LogP contribution in [0.1, 0.15) is 28.2 Å². The number of para-hydroxylation sites is 1. The topological polar surface area (TPSA) is 96.8 Å². The number of hydrogen-bond acceptors (Lipinski definition) is 6. The van der Waals surface area contributed by atoms with Gasteiger partial charge in [-0.25, -0.2) is 14.4 Å². The Morgan fingerprint density at radius 2 is 2.03 bits per heavy atom. The SMILES string of the molecule is CNC(=O)c1cccc(F)c1Nc1nc(Nc2ccc3c(c2)-n2ccnc2CCC3)ncc1Cl. The highest BCUT2D eigenvalue weighted by Gasteiger charge is 2.18. The summed E-state index contributed by atoms with van der Waals surface area (Å²) in [6.45, 7) is 0. The number of aryl methyl sites for hydroxylation is 2. The highest BCUT2D eigenvalue weighted by Crippen LogP contribution is 2.30. The third-order valence-electron chi connectivity index (χ3n) is 5.64. The molecule has 2 aromatic carbocycles. The van der Waals surface area contributed by atoms with Crippen LogP contribution in [0.25, 0.3) is 5.69 Å². The molecule has 5 rings (SSSR count). The van der Waals surface area contributed by atoms with E-state index in [0.717, 1.165) is 36.5 Å². The summed E-state index contributed by atoms with van der Waals surface area (Å²) in [5.74, 6) is 0.425. The van der Waals surface area contributed by atoms with E-state index in [1.54, 1.807) is 6.20 Å². The molecule has 172 valence electrons. The van der Waals surface area contributed by atoms with Crippen LogP contribution in [0, 0.1) is 5.82 Å². The number of hydrogen-bond donors (Lipinski definition) is 3. The first kappa shape index (κ1) is 21.8. The fraction of sp³-hybridized carbons (Fsp3) is 0.167. The summed E-state index contributed by atoms with van der Waals surface area (Å²) in [6.07, 6.45) is 8.12. The van der Waals surface area contributed by atoms with Crippen LogP contribution >= 0.6 is 11.6 Å². The summed E-state index contributed by atoms with van der Waals surface area (Å²) in [6, 6.07) is 10.3. The average molecular weight is 478 g/mol. The first-order valence-corrected chi connectivity index (χ1v) is 11.1. The standard InChI is InChI=1S/C24H21ClFN7O/c1-27-23(34)16-5-3-6-18(26)21(16)31-22-17(25)13-29-24(32-22)30-15-9-8-14-4-2-7-20-28-10-11-33(20)19(14)12-15/h3,5-6,8-13H,2,4,7H2,1H3,(H,27,34)(H2,29,30,31,32). The van der Waals surface area contributed by atoms with Crippen molar-refractivity contribution >= 4 is 40.6 Å². The number of rotatable bonds is 5. The zero-order valence-corrected chi connectivity index (χ0v) is 19.0. The van der Waals surface area contributed by atoms with Crippen molar-refractivity contribution in [2.45, 2.75) is 19.3 Å². The summed E-state index contributed by atoms with van der Waals surface area (Å²) in [5, 5.41) is 8.71. The molecular weight excluding hydrogens is 457 g/mol. The van der Waals surface area contributed by atoms with Gasteiger partial charge in [0.05, 0.1) is 23.1 Å². The van der Waals surface area contributed by atoms with E-state index in [9.17, 15) is 9.18 Å². The Bertz CT molecular complexity index is 1390. The van der Waals surface area contributed by atoms with Crippen LogP contribution in [0.15, 0.2) is 55.0 Å². The van der Waals surface area contributed by atoms with Crippen LogP contribution in [-0.2, 0) is 12.8 Å². The van der Waals surface area contributed by atoms with Crippen molar-refractivity contribution in [1.29, 1.82) is 0 Å². The van der Waals surface area contributed by atoms with Crippen LogP contribution in [0.2, 0.25) is 5.02 Å². The molecule has 0 atom stereocenters. The van der Waals surface area contributed by atoms with Crippen molar-refractivity contribution in [3.05, 3.63) is 82.8 Å². The Kier molecular flexibility index (Phi) is 5.85. The smallest absolute Gasteiger partial charge is 0.253 e. The van der Waals surface area contributed by atoms with Crippen LogP contribution < -0.4 is 16.0 Å². The van der Waals surface area contributed by atoms with Gasteiger partial charge in [-0.05, 0) is 42.7 Å². The molecule has 8 nitrogen and oxygen atoms in total. The molecule has 1 amide bonds. The Balaban J connectivity index is 1.45. The number of nitrogens with zero attached hydrogens (tertiary/aromatic N) is 4. The van der Waals surface area contributed by atoms with Gasteiger partial charge in [0.1, 0.15) is 16.7 Å². The maximum atomic E-state index is 14.5. The minimum absolute atomic E-state index is 0.0222. The summed E-state index contributed by atoms with van der Waals surface area (Å²) in [4.78, 5) is 25.3. The summed E-state index contributed by atoms with van der Waals surface area (Å²) >= 11 is 6.28. The Morgan fingerprint density at radius 1 is 1.15 bits per heavy atom. The number of anilines is 4. The van der Waals surface area contributed by atoms with E-state index in [0.29, 0.717) is 0 Å². The number of halogens is 2. The third-order valence-corrected chi connectivity index (χ3v) is 5.91. The van der Waals surface area contributed by atoms with Gasteiger partial charge in [-0.1, -0.05) is 23.7 Å². The summed E-state index contributed by atoms with van der Waals surface area (Å²) in [5.41, 5.74) is 3.19. The molecule has 0 unspecified atom stereocenters. The molecule has 34 heavy (non-hydrogen) atoms. The molecule has 3 heterocycles. The Hall–Kier alpha value is -3.98. The summed E-state index contributed by atoms with van der Waals surface area (Å²) in [7, 11) is 1.48. The number of carbonyl (C=O) groups is 1. The third kappa shape index (κ3) is 4.17. The fourth-order valence-electron chi connectivity index (χ4n) is 3.99. The van der Waals surface area contributed by atoms with E-state index in [2.05, 4.69) is 41.5 Å². The average Bonchev–Trinajstić information content (AvgIpc) is 3.24. The first-order chi connectivity index (χ1) is 16.5. The maximum absolute atomic E-state index is 14.5. The molecule has 0 fully saturated rings. The second-order valence-electron chi connectivity index (χ2n) is 7.79. The lowest BCUT2D eigenvalue weighted by Gasteiger charge is -2.15. The van der Waals surface area contributed by atoms with Crippen LogP contribution in [0.5, 0.6) is 0 Å². The molecule has 0 spiro atoms. The molecule has 2 aromatic heterocycles. The fourth-order valence-corrected chi connectivity index (χ4v) is 4.13. The van der Waals surface area contributed by atoms with Gasteiger partial charge in [-0.3, -0.25) is 4.79 Å². The van der Waals surface area contributed by atoms with Crippen molar-refractivity contribution in [3.63, 3.8) is 0 Å². The second kappa shape index (κ2) is 9.11. The number of aromatic nitrogens is 4. The van der Waals surface area contributed by atoms with Crippen molar-refractivity contribution in [3.8, 4) is 5.69 Å². The molecule has 0 radical (unpaired) electrons. The van der Waals surface area contributed by atoms with Gasteiger partial charge in [0.15, 0.2) is 5.82 Å². The van der Waals surface area contributed by atoms with E-state index in [1.807, 2.05) is 18.3 Å². The van der Waals surface area contributed by atoms with E-state index in [1.165, 1.54) is 37.0 Å². The lowest BCUT2D eigenvalue weighted by atomic mass is 10.1. The lowest BCUT2D eigenvalue weighted by molar-refractivity contribution is 0.0963. The predicted octanol–water partition coefficient (Wildman–Crippen LogP) is 4.79. The molecule has 0 aliphatic carbocycles. The van der Waals surface area contributed by atoms with Crippen molar-refractivity contribution in [1.82, 2.24) is 24.8 Å². The van der Waals surface area contributed by atoms with Gasteiger partial charge in [0.2, 0.25) is 5.95 Å². The van der Waals surface area contributed by atoms with Gasteiger partial charge in [-0.2, -0.15) is 4.98 Å². The number of fused-ring (bicyclic) bond motifs is 3. The number of nitrogens with one attached hydrogen (secondary N) is 3. The van der Waals surface area contributed by atoms with Crippen molar-refractivity contribution < 1.29 is 9.18 Å². The number of benzene rings is 2. The molecule has 0 saturated heterocycles. The Labute approximate surface area is 200 Å². The quantitative estimate of drug-likeness (QED) is 0.382. The lowest BCUT2D eigenvalue weighted by Crippen LogP contribution is -2.19. The van der Waals surface area contributed by atoms with Crippen molar-refractivity contribution in [2.24, 2.45) is 0 Å². The van der Waals surface area contributed by atoms with Crippen molar-refractivity contribution in [2.75, 3.05) is 17.7 Å². The van der Waals surface area contributed by atoms with Crippen LogP contribution in [-0.4, -0.2) is 32.5 Å². The maximum Gasteiger partial charge on any atom is 0.253 e. The largest absolute Gasteiger partial charge is 0.355 e. The zero-order valence-electron chi connectivity index (χ0n) is 18.3. The molecule has 3 N–H and O–H groups in total. The van der Waals surface area contributed by atoms with Gasteiger partial charge in [0, 0.05) is 31.5 Å². The number of carbonyl (C=O) groups excluding carboxylic acids is 1. The van der Waals surface area contributed by atoms with Gasteiger partial charge < -0.3 is 20.5 Å². The zero-order chi connectivity index (χ0) is 23.7. The monoisotopic (exact) mass is 477 g/mol. The number of imidazole rings is 1. The first-order valence-electron chi connectivity index (χ1n) is 10.8. The van der Waals surface area contributed by atoms with Gasteiger partial charge in [0.25, 0.3) is 5.91 Å². The van der Waals surface area contributed by atoms with E-state index in [4.69, 9.17) is 11.6 Å². The summed E-state index contributed by atoms with van der Waals surface area (Å²) < 4.78 is 16.6. The van der Waals surface area contributed by atoms with Crippen LogP contribution in [0.4, 0.5) is 27.5 Å². The van der Waals surface area contributed by atoms with Gasteiger partial charge >= 0.3 is 0 Å². The highest BCUT2D eigenvalue weighted by molar-refractivity contribution is 6.33. The molecule has 1 aliphatic rings. The minimum atomic E-state index is -0.604. The molecule has 0 bridgehead atoms. The molecule has 10 heteroatoms. The molecule has 0 saturated carbocycles. The van der Waals surface area contributed by atoms with E-state index in [-0.39, 0.29) is 28.0 Å².